The van der Waals surface area contributed by atoms with Crippen molar-refractivity contribution in [3.8, 4) is 11.3 Å². The van der Waals surface area contributed by atoms with Crippen LogP contribution < -0.4 is 0 Å². The Kier molecular flexibility index (Phi) is 2.16. The van der Waals surface area contributed by atoms with E-state index in [9.17, 15) is 4.79 Å². The molecule has 0 saturated carbocycles. The largest absolute Gasteiger partial charge is 0.478 e. The van der Waals surface area contributed by atoms with Crippen molar-refractivity contribution < 1.29 is 14.3 Å². The van der Waals surface area contributed by atoms with Crippen molar-refractivity contribution >= 4 is 17.1 Å². The number of hydrogen-bond acceptors (Lipinski definition) is 4. The van der Waals surface area contributed by atoms with Gasteiger partial charge in [0.25, 0.3) is 0 Å². The van der Waals surface area contributed by atoms with Crippen LogP contribution in [0.15, 0.2) is 28.8 Å². The summed E-state index contributed by atoms with van der Waals surface area (Å²) in [6.45, 7) is 1.76. The van der Waals surface area contributed by atoms with Crippen LogP contribution in [0, 0.1) is 6.92 Å². The normalized spacial score (nSPS) is 10.9. The molecule has 0 fully saturated rings. The van der Waals surface area contributed by atoms with Crippen molar-refractivity contribution in [1.82, 2.24) is 15.2 Å². The molecule has 3 rings (SSSR count). The summed E-state index contributed by atoms with van der Waals surface area (Å²) in [6.07, 6.45) is 1.29. The van der Waals surface area contributed by atoms with E-state index >= 15 is 0 Å². The van der Waals surface area contributed by atoms with Crippen molar-refractivity contribution in [2.24, 2.45) is 0 Å². The molecule has 0 aliphatic carbocycles. The van der Waals surface area contributed by atoms with E-state index in [-0.39, 0.29) is 5.56 Å². The van der Waals surface area contributed by atoms with Gasteiger partial charge in [-0.05, 0) is 12.1 Å². The van der Waals surface area contributed by atoms with Crippen LogP contribution in [0.3, 0.4) is 0 Å². The summed E-state index contributed by atoms with van der Waals surface area (Å²) in [5.74, 6) is -0.446. The number of aromatic nitrogens is 3. The predicted molar refractivity (Wildman–Crippen MR) is 63.3 cm³/mol. The quantitative estimate of drug-likeness (QED) is 0.720. The maximum Gasteiger partial charge on any atom is 0.339 e. The Morgan fingerprint density at radius 2 is 2.28 bits per heavy atom. The zero-order valence-corrected chi connectivity index (χ0v) is 9.47. The number of H-pyrrole nitrogens is 1. The van der Waals surface area contributed by atoms with Crippen LogP contribution in [0.4, 0.5) is 0 Å². The van der Waals surface area contributed by atoms with Gasteiger partial charge in [0.05, 0.1) is 11.9 Å². The molecule has 0 spiro atoms. The van der Waals surface area contributed by atoms with Crippen LogP contribution in [0.2, 0.25) is 0 Å². The Labute approximate surface area is 101 Å². The van der Waals surface area contributed by atoms with E-state index in [1.54, 1.807) is 25.1 Å². The number of aryl methyl sites for hydroxylation is 1. The lowest BCUT2D eigenvalue weighted by atomic mass is 10.1. The molecule has 0 saturated heterocycles. The first kappa shape index (κ1) is 10.5. The van der Waals surface area contributed by atoms with Crippen molar-refractivity contribution in [3.63, 3.8) is 0 Å². The smallest absolute Gasteiger partial charge is 0.339 e. The Bertz CT molecular complexity index is 742. The van der Waals surface area contributed by atoms with Gasteiger partial charge in [-0.2, -0.15) is 5.10 Å². The van der Waals surface area contributed by atoms with Gasteiger partial charge in [0.2, 0.25) is 0 Å². The van der Waals surface area contributed by atoms with Crippen LogP contribution in [0.25, 0.3) is 22.4 Å². The molecule has 18 heavy (non-hydrogen) atoms. The molecule has 0 radical (unpaired) electrons. The molecule has 1 aromatic carbocycles. The summed E-state index contributed by atoms with van der Waals surface area (Å²) < 4.78 is 5.41. The first-order valence-electron chi connectivity index (χ1n) is 5.29. The summed E-state index contributed by atoms with van der Waals surface area (Å²) >= 11 is 0. The van der Waals surface area contributed by atoms with E-state index in [4.69, 9.17) is 9.52 Å². The van der Waals surface area contributed by atoms with Gasteiger partial charge in [0, 0.05) is 12.5 Å². The highest BCUT2D eigenvalue weighted by atomic mass is 16.4. The summed E-state index contributed by atoms with van der Waals surface area (Å²) in [7, 11) is 0. The molecule has 0 atom stereocenters. The van der Waals surface area contributed by atoms with Crippen LogP contribution >= 0.6 is 0 Å². The number of oxazole rings is 1. The molecule has 2 heterocycles. The minimum Gasteiger partial charge on any atom is -0.478 e. The van der Waals surface area contributed by atoms with Gasteiger partial charge in [-0.1, -0.05) is 6.07 Å². The molecule has 6 heteroatoms. The third-order valence-electron chi connectivity index (χ3n) is 2.65. The maximum absolute atomic E-state index is 11.0. The number of carbonyl (C=O) groups is 1. The van der Waals surface area contributed by atoms with E-state index in [1.807, 2.05) is 0 Å². The molecular weight excluding hydrogens is 234 g/mol. The molecule has 2 aromatic heterocycles. The third-order valence-corrected chi connectivity index (χ3v) is 2.65. The number of hydrogen-bond donors (Lipinski definition) is 2. The number of carboxylic acids is 1. The van der Waals surface area contributed by atoms with Crippen LogP contribution in [0.1, 0.15) is 16.2 Å². The van der Waals surface area contributed by atoms with Gasteiger partial charge >= 0.3 is 5.97 Å². The first-order valence-corrected chi connectivity index (χ1v) is 5.29. The number of fused-ring (bicyclic) bond motifs is 1. The van der Waals surface area contributed by atoms with E-state index in [2.05, 4.69) is 15.2 Å². The number of carboxylic acid groups (broad SMARTS) is 1. The molecule has 6 nitrogen and oxygen atoms in total. The SMILES string of the molecule is Cc1nc2ccc(-c3[nH]ncc3C(=O)O)cc2o1. The van der Waals surface area contributed by atoms with Gasteiger partial charge in [-0.25, -0.2) is 9.78 Å². The molecule has 0 amide bonds. The van der Waals surface area contributed by atoms with Gasteiger partial charge in [0.1, 0.15) is 11.1 Å². The fraction of sp³-hybridized carbons (Fsp3) is 0.0833. The Morgan fingerprint density at radius 3 is 3.06 bits per heavy atom. The lowest BCUT2D eigenvalue weighted by molar-refractivity contribution is 0.0698. The molecule has 0 unspecified atom stereocenters. The zero-order chi connectivity index (χ0) is 12.7. The third kappa shape index (κ3) is 1.55. The van der Waals surface area contributed by atoms with Crippen molar-refractivity contribution in [2.75, 3.05) is 0 Å². The van der Waals surface area contributed by atoms with Crippen molar-refractivity contribution in [2.45, 2.75) is 6.92 Å². The van der Waals surface area contributed by atoms with Gasteiger partial charge in [0.15, 0.2) is 11.5 Å². The van der Waals surface area contributed by atoms with E-state index in [0.29, 0.717) is 22.7 Å². The number of aromatic amines is 1. The van der Waals surface area contributed by atoms with Crippen molar-refractivity contribution in [1.29, 1.82) is 0 Å². The molecule has 0 bridgehead atoms. The summed E-state index contributed by atoms with van der Waals surface area (Å²) in [4.78, 5) is 15.2. The second kappa shape index (κ2) is 3.69. The maximum atomic E-state index is 11.0. The first-order chi connectivity index (χ1) is 8.65. The minimum atomic E-state index is -1.02. The minimum absolute atomic E-state index is 0.130. The Hall–Kier alpha value is -2.63. The molecular formula is C12H9N3O3. The fourth-order valence-corrected chi connectivity index (χ4v) is 1.86. The van der Waals surface area contributed by atoms with Gasteiger partial charge in [-0.15, -0.1) is 0 Å². The highest BCUT2D eigenvalue weighted by Crippen LogP contribution is 2.25. The average Bonchev–Trinajstić information content (AvgIpc) is 2.91. The number of rotatable bonds is 2. The van der Waals surface area contributed by atoms with Crippen LogP contribution in [-0.2, 0) is 0 Å². The van der Waals surface area contributed by atoms with Crippen molar-refractivity contribution in [3.05, 3.63) is 35.9 Å². The van der Waals surface area contributed by atoms with E-state index < -0.39 is 5.97 Å². The fourth-order valence-electron chi connectivity index (χ4n) is 1.86. The molecule has 0 aliphatic heterocycles. The lowest BCUT2D eigenvalue weighted by Crippen LogP contribution is -1.96. The second-order valence-electron chi connectivity index (χ2n) is 3.88. The number of aromatic carboxylic acids is 1. The number of nitrogens with zero attached hydrogens (tertiary/aromatic N) is 2. The summed E-state index contributed by atoms with van der Waals surface area (Å²) in [5, 5.41) is 15.5. The second-order valence-corrected chi connectivity index (χ2v) is 3.88. The van der Waals surface area contributed by atoms with Gasteiger partial charge < -0.3 is 9.52 Å². The summed E-state index contributed by atoms with van der Waals surface area (Å²) in [6, 6.07) is 5.31. The highest BCUT2D eigenvalue weighted by Gasteiger charge is 2.15. The molecule has 2 N–H and O–H groups in total. The number of benzene rings is 1. The molecule has 3 aromatic rings. The Morgan fingerprint density at radius 1 is 1.44 bits per heavy atom. The van der Waals surface area contributed by atoms with Gasteiger partial charge in [-0.3, -0.25) is 5.10 Å². The summed E-state index contributed by atoms with van der Waals surface area (Å²) in [5.41, 5.74) is 2.65. The molecule has 0 aliphatic rings. The lowest BCUT2D eigenvalue weighted by Gasteiger charge is -1.99. The standard InChI is InChI=1S/C12H9N3O3/c1-6-14-9-3-2-7(4-10(9)18-6)11-8(12(16)17)5-13-15-11/h2-5H,1H3,(H,13,15)(H,16,17). The van der Waals surface area contributed by atoms with Crippen LogP contribution in [-0.4, -0.2) is 26.3 Å². The monoisotopic (exact) mass is 243 g/mol. The number of nitrogens with one attached hydrogen (secondary N) is 1. The van der Waals surface area contributed by atoms with E-state index in [0.717, 1.165) is 5.52 Å². The highest BCUT2D eigenvalue weighted by molar-refractivity contribution is 5.95. The molecule has 90 valence electrons. The average molecular weight is 243 g/mol. The predicted octanol–water partition coefficient (Wildman–Crippen LogP) is 2.22. The van der Waals surface area contributed by atoms with E-state index in [1.165, 1.54) is 6.20 Å². The Balaban J connectivity index is 2.18. The topological polar surface area (TPSA) is 92.0 Å². The van der Waals surface area contributed by atoms with Crippen LogP contribution in [0.5, 0.6) is 0 Å². The zero-order valence-electron chi connectivity index (χ0n) is 9.47.